The molecular formula is C45H52Hf. The summed E-state index contributed by atoms with van der Waals surface area (Å²) in [5.74, 6) is 0. The number of hydrogen-bond donors (Lipinski definition) is 0. The molecule has 0 N–H and O–H groups in total. The molecule has 0 spiro atoms. The van der Waals surface area contributed by atoms with Gasteiger partial charge < -0.3 is 0 Å². The summed E-state index contributed by atoms with van der Waals surface area (Å²) >= 11 is -3.94. The monoisotopic (exact) mass is 772 g/mol. The van der Waals surface area contributed by atoms with Crippen LogP contribution in [0.15, 0.2) is 97.1 Å². The summed E-state index contributed by atoms with van der Waals surface area (Å²) in [6.45, 7) is 13.8. The first-order valence-electron chi connectivity index (χ1n) is 17.7. The summed E-state index contributed by atoms with van der Waals surface area (Å²) in [7, 11) is 0. The minimum atomic E-state index is -3.94. The molecule has 0 heterocycles. The molecule has 0 aliphatic heterocycles. The molecule has 1 heteroatoms. The van der Waals surface area contributed by atoms with E-state index >= 15 is 0 Å². The van der Waals surface area contributed by atoms with Crippen molar-refractivity contribution in [2.24, 2.45) is 0 Å². The van der Waals surface area contributed by atoms with Crippen LogP contribution in [0.1, 0.15) is 108 Å². The van der Waals surface area contributed by atoms with Gasteiger partial charge in [-0.2, -0.15) is 0 Å². The molecule has 0 amide bonds. The van der Waals surface area contributed by atoms with Gasteiger partial charge >= 0.3 is 281 Å². The Labute approximate surface area is 279 Å². The van der Waals surface area contributed by atoms with Crippen LogP contribution in [0.3, 0.4) is 0 Å². The van der Waals surface area contributed by atoms with Crippen molar-refractivity contribution in [1.82, 2.24) is 0 Å². The molecule has 1 fully saturated rings. The Morgan fingerprint density at radius 3 is 1.28 bits per heavy atom. The van der Waals surface area contributed by atoms with E-state index in [1.54, 1.807) is 11.1 Å². The molecule has 4 aromatic rings. The van der Waals surface area contributed by atoms with Gasteiger partial charge in [0.2, 0.25) is 0 Å². The summed E-state index contributed by atoms with van der Waals surface area (Å²) in [5, 5.41) is 0. The third-order valence-electron chi connectivity index (χ3n) is 12.2. The number of hydrogen-bond acceptors (Lipinski definition) is 0. The van der Waals surface area contributed by atoms with E-state index in [2.05, 4.69) is 160 Å². The van der Waals surface area contributed by atoms with E-state index in [0.717, 1.165) is 0 Å². The first kappa shape index (κ1) is 31.7. The Morgan fingerprint density at radius 2 is 0.913 bits per heavy atom. The van der Waals surface area contributed by atoms with Gasteiger partial charge in [-0.25, -0.2) is 0 Å². The van der Waals surface area contributed by atoms with Gasteiger partial charge in [0.25, 0.3) is 0 Å². The topological polar surface area (TPSA) is 0 Å². The van der Waals surface area contributed by atoms with Gasteiger partial charge in [-0.1, -0.05) is 0 Å². The van der Waals surface area contributed by atoms with Crippen molar-refractivity contribution in [3.8, 4) is 22.3 Å². The molecule has 1 saturated carbocycles. The van der Waals surface area contributed by atoms with Crippen LogP contribution in [-0.2, 0) is 28.8 Å². The molecule has 0 aromatic heterocycles. The molecular weight excluding hydrogens is 719 g/mol. The fourth-order valence-corrected chi connectivity index (χ4v) is 34.4. The third kappa shape index (κ3) is 5.08. The second-order valence-corrected chi connectivity index (χ2v) is 43.1. The molecule has 3 aliphatic carbocycles. The Balaban J connectivity index is 1.34. The van der Waals surface area contributed by atoms with Gasteiger partial charge in [0.05, 0.1) is 0 Å². The molecule has 0 saturated heterocycles. The van der Waals surface area contributed by atoms with E-state index in [9.17, 15) is 0 Å². The SMILES string of the molecule is CC(C)(C)c1ccc(-c2cccc3c2C=C[CH]3[Hf]([CH3])([CH3])(=[C]2CCCC2)[CH]2C=Cc3c(-c4ccc(C(C)(C)C)cc4)cccc32)cc1. The third-order valence-corrected chi connectivity index (χ3v) is 39.4. The Morgan fingerprint density at radius 1 is 0.522 bits per heavy atom. The van der Waals surface area contributed by atoms with E-state index in [1.165, 1.54) is 70.2 Å². The number of fused-ring (bicyclic) bond motifs is 2. The summed E-state index contributed by atoms with van der Waals surface area (Å²) in [5.41, 5.74) is 14.6. The zero-order chi connectivity index (χ0) is 32.5. The van der Waals surface area contributed by atoms with Crippen molar-refractivity contribution in [2.75, 3.05) is 0 Å². The second-order valence-electron chi connectivity index (χ2n) is 17.4. The van der Waals surface area contributed by atoms with E-state index in [0.29, 0.717) is 7.35 Å². The maximum absolute atomic E-state index is 3.94. The summed E-state index contributed by atoms with van der Waals surface area (Å²) < 4.78 is 8.67. The predicted octanol–water partition coefficient (Wildman–Crippen LogP) is 13.0. The van der Waals surface area contributed by atoms with Crippen molar-refractivity contribution >= 4 is 15.4 Å². The minimum absolute atomic E-state index is 0.159. The number of benzene rings is 4. The molecule has 2 unspecified atom stereocenters. The molecule has 0 radical (unpaired) electrons. The standard InChI is InChI=1S/2C19H19.C5H8.2CH3.Hf/c2*1-19(2,3)16-12-10-15(11-13-16)18-9-5-7-14-6-4-8-17(14)18;1-2-4-5-3-1;;;/h2*4-13H,1-3H3;1-4H2;2*1H3;. The van der Waals surface area contributed by atoms with E-state index in [4.69, 9.17) is 0 Å². The first-order chi connectivity index (χ1) is 21.8. The van der Waals surface area contributed by atoms with E-state index in [1.807, 2.05) is 3.26 Å². The van der Waals surface area contributed by atoms with Crippen LogP contribution in [0, 0.1) is 0 Å². The summed E-state index contributed by atoms with van der Waals surface area (Å²) in [4.78, 5) is 0. The van der Waals surface area contributed by atoms with Crippen molar-refractivity contribution < 1.29 is 18.0 Å². The Bertz CT molecular complexity index is 1800. The Hall–Kier alpha value is -2.90. The van der Waals surface area contributed by atoms with Gasteiger partial charge in [-0.05, 0) is 0 Å². The van der Waals surface area contributed by atoms with Crippen LogP contribution in [-0.4, -0.2) is 3.26 Å². The van der Waals surface area contributed by atoms with Crippen LogP contribution in [0.4, 0.5) is 0 Å². The van der Waals surface area contributed by atoms with Crippen molar-refractivity contribution in [3.63, 3.8) is 0 Å². The van der Waals surface area contributed by atoms with Gasteiger partial charge in [0.15, 0.2) is 0 Å². The Kier molecular flexibility index (Phi) is 7.64. The summed E-state index contributed by atoms with van der Waals surface area (Å²) in [6.07, 6.45) is 15.7. The molecule has 46 heavy (non-hydrogen) atoms. The van der Waals surface area contributed by atoms with Crippen LogP contribution in [0.2, 0.25) is 9.36 Å². The predicted molar refractivity (Wildman–Crippen MR) is 200 cm³/mol. The average molecular weight is 771 g/mol. The zero-order valence-corrected chi connectivity index (χ0v) is 33.0. The van der Waals surface area contributed by atoms with Gasteiger partial charge in [-0.3, -0.25) is 0 Å². The molecule has 236 valence electrons. The average Bonchev–Trinajstić information content (AvgIpc) is 3.81. The van der Waals surface area contributed by atoms with Crippen LogP contribution >= 0.6 is 0 Å². The van der Waals surface area contributed by atoms with Crippen molar-refractivity contribution in [1.29, 1.82) is 0 Å². The second kappa shape index (κ2) is 11.1. The summed E-state index contributed by atoms with van der Waals surface area (Å²) in [6, 6.07) is 33.0. The van der Waals surface area contributed by atoms with Crippen molar-refractivity contribution in [3.05, 3.63) is 130 Å². The fourth-order valence-electron chi connectivity index (χ4n) is 9.25. The van der Waals surface area contributed by atoms with Gasteiger partial charge in [-0.15, -0.1) is 0 Å². The van der Waals surface area contributed by atoms with Gasteiger partial charge in [0, 0.05) is 0 Å². The van der Waals surface area contributed by atoms with E-state index < -0.39 is 18.0 Å². The van der Waals surface area contributed by atoms with Gasteiger partial charge in [0.1, 0.15) is 0 Å². The normalized spacial score (nSPS) is 19.5. The molecule has 4 aromatic carbocycles. The molecule has 0 nitrogen and oxygen atoms in total. The van der Waals surface area contributed by atoms with Crippen LogP contribution in [0.5, 0.6) is 0 Å². The number of allylic oxidation sites excluding steroid dienone is 2. The van der Waals surface area contributed by atoms with Crippen LogP contribution < -0.4 is 0 Å². The molecule has 3 aliphatic rings. The van der Waals surface area contributed by atoms with E-state index in [-0.39, 0.29) is 10.8 Å². The van der Waals surface area contributed by atoms with Crippen molar-refractivity contribution in [2.45, 2.75) is 94.8 Å². The number of rotatable bonds is 4. The molecule has 7 rings (SSSR count). The zero-order valence-electron chi connectivity index (χ0n) is 29.4. The van der Waals surface area contributed by atoms with Crippen LogP contribution in [0.25, 0.3) is 34.4 Å². The maximum atomic E-state index is 2.83. The quantitative estimate of drug-likeness (QED) is 0.181. The molecule has 0 bridgehead atoms. The molecule has 2 atom stereocenters. The first-order valence-corrected chi connectivity index (χ1v) is 30.8. The fraction of sp³-hybridized carbons (Fsp3) is 0.356.